The molecule has 1 aromatic rings. The van der Waals surface area contributed by atoms with E-state index in [1.165, 1.54) is 5.57 Å². The molecule has 1 aliphatic heterocycles. The lowest BCUT2D eigenvalue weighted by Crippen LogP contribution is -2.26. The third-order valence-corrected chi connectivity index (χ3v) is 5.89. The van der Waals surface area contributed by atoms with Crippen molar-refractivity contribution in [1.29, 1.82) is 0 Å². The Morgan fingerprint density at radius 3 is 2.75 bits per heavy atom. The molecule has 0 amide bonds. The van der Waals surface area contributed by atoms with Crippen molar-refractivity contribution in [3.05, 3.63) is 41.2 Å². The van der Waals surface area contributed by atoms with E-state index in [2.05, 4.69) is 6.92 Å². The van der Waals surface area contributed by atoms with Gasteiger partial charge in [-0.05, 0) is 48.6 Å². The molecule has 1 aliphatic rings. The normalized spacial score (nSPS) is 19.2. The lowest BCUT2D eigenvalue weighted by atomic mass is 10.0. The zero-order valence-electron chi connectivity index (χ0n) is 12.2. The van der Waals surface area contributed by atoms with E-state index in [-0.39, 0.29) is 6.10 Å². The van der Waals surface area contributed by atoms with Gasteiger partial charge in [-0.15, -0.1) is 0 Å². The topological polar surface area (TPSA) is 9.23 Å². The summed E-state index contributed by atoms with van der Waals surface area (Å²) in [6.07, 6.45) is 6.40. The molecule has 1 aromatic carbocycles. The maximum absolute atomic E-state index is 13.8. The number of benzene rings is 1. The Kier molecular flexibility index (Phi) is 5.35. The van der Waals surface area contributed by atoms with Crippen LogP contribution in [-0.4, -0.2) is 15.6 Å². The first-order valence-electron chi connectivity index (χ1n) is 7.38. The number of halogens is 2. The summed E-state index contributed by atoms with van der Waals surface area (Å²) in [5.41, 5.74) is 1.75. The highest BCUT2D eigenvalue weighted by molar-refractivity contribution is 6.53. The predicted octanol–water partition coefficient (Wildman–Crippen LogP) is 3.35. The van der Waals surface area contributed by atoms with Crippen molar-refractivity contribution in [2.24, 2.45) is 0 Å². The van der Waals surface area contributed by atoms with Gasteiger partial charge < -0.3 is 4.74 Å². The fourth-order valence-corrected chi connectivity index (χ4v) is 4.30. The summed E-state index contributed by atoms with van der Waals surface area (Å²) >= 11 is 0. The van der Waals surface area contributed by atoms with Crippen LogP contribution in [-0.2, 0) is 4.74 Å². The van der Waals surface area contributed by atoms with Gasteiger partial charge in [-0.1, -0.05) is 25.5 Å². The molecule has 0 saturated heterocycles. The van der Waals surface area contributed by atoms with Crippen LogP contribution < -0.4 is 5.19 Å². The molecule has 2 rings (SSSR count). The Morgan fingerprint density at radius 1 is 1.30 bits per heavy atom. The van der Waals surface area contributed by atoms with Gasteiger partial charge >= 0.3 is 0 Å². The van der Waals surface area contributed by atoms with Crippen LogP contribution in [0.2, 0.25) is 6.04 Å². The van der Waals surface area contributed by atoms with E-state index in [4.69, 9.17) is 4.74 Å². The lowest BCUT2D eigenvalue weighted by Gasteiger charge is -2.23. The molecule has 0 aromatic heterocycles. The molecule has 0 saturated carbocycles. The van der Waals surface area contributed by atoms with Gasteiger partial charge in [0.05, 0.1) is 21.9 Å². The van der Waals surface area contributed by atoms with Crippen LogP contribution in [0.5, 0.6) is 0 Å². The minimum Gasteiger partial charge on any atom is -0.498 e. The molecule has 110 valence electrons. The quantitative estimate of drug-likeness (QED) is 0.757. The monoisotopic (exact) mass is 296 g/mol. The molecule has 0 fully saturated rings. The summed E-state index contributed by atoms with van der Waals surface area (Å²) in [5.74, 6) is -1.33. The fraction of sp³-hybridized carbons (Fsp3) is 0.500. The molecule has 1 atom stereocenters. The number of allylic oxidation sites excluding steroid dienone is 1. The van der Waals surface area contributed by atoms with E-state index < -0.39 is 21.2 Å². The summed E-state index contributed by atoms with van der Waals surface area (Å²) in [7, 11) is -0.820. The van der Waals surface area contributed by atoms with E-state index in [1.807, 2.05) is 6.26 Å². The molecular formula is C16H22F2OSi. The molecule has 20 heavy (non-hydrogen) atoms. The van der Waals surface area contributed by atoms with Crippen LogP contribution in [0.15, 0.2) is 24.0 Å². The Hall–Kier alpha value is -1.16. The number of rotatable bonds is 5. The number of hydrogen-bond acceptors (Lipinski definition) is 1. The smallest absolute Gasteiger partial charge is 0.161 e. The molecule has 1 heterocycles. The summed E-state index contributed by atoms with van der Waals surface area (Å²) in [5, 5.41) is 0.583. The summed E-state index contributed by atoms with van der Waals surface area (Å²) in [6.45, 7) is 3.75. The first-order valence-corrected chi connectivity index (χ1v) is 9.09. The molecule has 0 spiro atoms. The van der Waals surface area contributed by atoms with Gasteiger partial charge in [0, 0.05) is 0 Å². The SMILES string of the molecule is CCCC1=COC(C[SiH2]c2ccc(C)c(F)c2F)CC1. The predicted molar refractivity (Wildman–Crippen MR) is 81.2 cm³/mol. The minimum atomic E-state index is -0.820. The van der Waals surface area contributed by atoms with Crippen molar-refractivity contribution in [1.82, 2.24) is 0 Å². The van der Waals surface area contributed by atoms with Crippen LogP contribution in [0.4, 0.5) is 8.78 Å². The first-order chi connectivity index (χ1) is 9.61. The van der Waals surface area contributed by atoms with E-state index in [0.717, 1.165) is 31.7 Å². The number of hydrogen-bond donors (Lipinski definition) is 0. The van der Waals surface area contributed by atoms with Crippen molar-refractivity contribution in [3.8, 4) is 0 Å². The van der Waals surface area contributed by atoms with Crippen LogP contribution in [0.1, 0.15) is 38.2 Å². The van der Waals surface area contributed by atoms with E-state index >= 15 is 0 Å². The number of aryl methyl sites for hydroxylation is 1. The second kappa shape index (κ2) is 7.02. The molecule has 0 aliphatic carbocycles. The summed E-state index contributed by atoms with van der Waals surface area (Å²) in [4.78, 5) is 0. The number of ether oxygens (including phenoxy) is 1. The van der Waals surface area contributed by atoms with E-state index in [9.17, 15) is 8.78 Å². The van der Waals surface area contributed by atoms with Crippen molar-refractivity contribution in [3.63, 3.8) is 0 Å². The van der Waals surface area contributed by atoms with Gasteiger partial charge in [0.1, 0.15) is 0 Å². The van der Waals surface area contributed by atoms with Gasteiger partial charge in [0.2, 0.25) is 0 Å². The molecule has 0 radical (unpaired) electrons. The van der Waals surface area contributed by atoms with Crippen molar-refractivity contribution < 1.29 is 13.5 Å². The van der Waals surface area contributed by atoms with Gasteiger partial charge in [0.15, 0.2) is 11.6 Å². The zero-order valence-corrected chi connectivity index (χ0v) is 13.6. The van der Waals surface area contributed by atoms with Crippen LogP contribution in [0, 0.1) is 18.6 Å². The van der Waals surface area contributed by atoms with Gasteiger partial charge in [-0.2, -0.15) is 0 Å². The molecular weight excluding hydrogens is 274 g/mol. The Labute approximate surface area is 121 Å². The molecule has 1 unspecified atom stereocenters. The van der Waals surface area contributed by atoms with Crippen LogP contribution in [0.25, 0.3) is 0 Å². The summed E-state index contributed by atoms with van der Waals surface area (Å²) in [6, 6.07) is 4.28. The molecule has 4 heteroatoms. The average molecular weight is 296 g/mol. The van der Waals surface area contributed by atoms with Crippen molar-refractivity contribution in [2.75, 3.05) is 0 Å². The molecule has 1 nitrogen and oxygen atoms in total. The van der Waals surface area contributed by atoms with Gasteiger partial charge in [-0.3, -0.25) is 0 Å². The second-order valence-electron chi connectivity index (χ2n) is 5.53. The molecule has 0 bridgehead atoms. The zero-order chi connectivity index (χ0) is 14.5. The first kappa shape index (κ1) is 15.2. The standard InChI is InChI=1S/C16H22F2OSi/c1-3-4-12-6-7-13(19-9-12)10-20-14-8-5-11(2)15(17)16(14)18/h5,8-9,13H,3-4,6-7,10,20H2,1-2H3. The Balaban J connectivity index is 1.89. The minimum absolute atomic E-state index is 0.186. The largest absolute Gasteiger partial charge is 0.498 e. The Bertz CT molecular complexity index is 499. The second-order valence-corrected chi connectivity index (χ2v) is 7.37. The third-order valence-electron chi connectivity index (χ3n) is 3.88. The van der Waals surface area contributed by atoms with Crippen LogP contribution in [0.3, 0.4) is 0 Å². The van der Waals surface area contributed by atoms with Crippen molar-refractivity contribution >= 4 is 14.7 Å². The Morgan fingerprint density at radius 2 is 2.10 bits per heavy atom. The maximum atomic E-state index is 13.8. The van der Waals surface area contributed by atoms with E-state index in [0.29, 0.717) is 10.8 Å². The average Bonchev–Trinajstić information content (AvgIpc) is 2.46. The maximum Gasteiger partial charge on any atom is 0.161 e. The highest BCUT2D eigenvalue weighted by Crippen LogP contribution is 2.23. The van der Waals surface area contributed by atoms with E-state index in [1.54, 1.807) is 19.1 Å². The molecule has 0 N–H and O–H groups in total. The summed E-state index contributed by atoms with van der Waals surface area (Å²) < 4.78 is 33.0. The van der Waals surface area contributed by atoms with Gasteiger partial charge in [0.25, 0.3) is 0 Å². The van der Waals surface area contributed by atoms with Gasteiger partial charge in [-0.25, -0.2) is 8.78 Å². The highest BCUT2D eigenvalue weighted by Gasteiger charge is 2.17. The van der Waals surface area contributed by atoms with Crippen LogP contribution >= 0.6 is 0 Å². The lowest BCUT2D eigenvalue weighted by molar-refractivity contribution is 0.135. The van der Waals surface area contributed by atoms with Crippen molar-refractivity contribution in [2.45, 2.75) is 51.7 Å². The fourth-order valence-electron chi connectivity index (χ4n) is 2.58. The highest BCUT2D eigenvalue weighted by atomic mass is 28.2. The third kappa shape index (κ3) is 3.69.